The van der Waals surface area contributed by atoms with Crippen LogP contribution < -0.4 is 16.6 Å². The molecule has 0 radical (unpaired) electrons. The molecule has 0 spiro atoms. The number of hydroxylamine groups is 1. The molecule has 2 atom stereocenters. The minimum Gasteiger partial charge on any atom is -0.307 e. The molecular formula is C23H29FN4O3. The molecule has 166 valence electrons. The van der Waals surface area contributed by atoms with Gasteiger partial charge in [0.25, 0.3) is 0 Å². The highest BCUT2D eigenvalue weighted by molar-refractivity contribution is 5.89. The summed E-state index contributed by atoms with van der Waals surface area (Å²) in [5.74, 6) is 5.62. The Hall–Kier alpha value is -2.97. The number of nitrogens with one attached hydrogen (secondary N) is 2. The summed E-state index contributed by atoms with van der Waals surface area (Å²) in [5.41, 5.74) is 3.90. The zero-order valence-electron chi connectivity index (χ0n) is 17.4. The number of halogens is 1. The monoisotopic (exact) mass is 428 g/mol. The first kappa shape index (κ1) is 22.7. The molecule has 5 N–H and O–H groups in total. The minimum atomic E-state index is -0.395. The summed E-state index contributed by atoms with van der Waals surface area (Å²) in [7, 11) is 0. The number of anilines is 1. The smallest absolute Gasteiger partial charge is 0.307 e. The lowest BCUT2D eigenvalue weighted by Crippen LogP contribution is -2.48. The molecule has 2 unspecified atom stereocenters. The van der Waals surface area contributed by atoms with Crippen LogP contribution in [0.4, 0.5) is 14.9 Å². The molecule has 2 aromatic carbocycles. The maximum Gasteiger partial charge on any atom is 0.336 e. The maximum atomic E-state index is 13.4. The molecule has 8 heteroatoms. The van der Waals surface area contributed by atoms with Crippen LogP contribution in [0.25, 0.3) is 11.1 Å². The van der Waals surface area contributed by atoms with Crippen molar-refractivity contribution in [3.05, 3.63) is 54.3 Å². The van der Waals surface area contributed by atoms with Crippen LogP contribution in [0.2, 0.25) is 0 Å². The van der Waals surface area contributed by atoms with E-state index >= 15 is 0 Å². The van der Waals surface area contributed by atoms with Crippen molar-refractivity contribution in [2.24, 2.45) is 11.8 Å². The van der Waals surface area contributed by atoms with Crippen LogP contribution in [-0.2, 0) is 4.79 Å². The first-order valence-corrected chi connectivity index (χ1v) is 10.6. The number of rotatable bonds is 5. The summed E-state index contributed by atoms with van der Waals surface area (Å²) in [6.45, 7) is 0. The van der Waals surface area contributed by atoms with Crippen LogP contribution in [0, 0.1) is 11.7 Å². The van der Waals surface area contributed by atoms with Crippen molar-refractivity contribution < 1.29 is 19.2 Å². The van der Waals surface area contributed by atoms with Gasteiger partial charge in [0.05, 0.1) is 0 Å². The number of benzene rings is 2. The van der Waals surface area contributed by atoms with Crippen LogP contribution in [0.1, 0.15) is 44.9 Å². The third-order valence-electron chi connectivity index (χ3n) is 5.83. The molecule has 7 nitrogen and oxygen atoms in total. The highest BCUT2D eigenvalue weighted by Crippen LogP contribution is 2.27. The van der Waals surface area contributed by atoms with Crippen LogP contribution in [-0.4, -0.2) is 28.2 Å². The summed E-state index contributed by atoms with van der Waals surface area (Å²) in [4.78, 5) is 24.1. The number of carbonyl (C=O) groups excluding carboxylic acids is 2. The number of nitrogens with two attached hydrogens (primary N) is 1. The first-order valence-electron chi connectivity index (χ1n) is 10.6. The lowest BCUT2D eigenvalue weighted by molar-refractivity contribution is -0.130. The van der Waals surface area contributed by atoms with Crippen LogP contribution >= 0.6 is 0 Å². The molecule has 31 heavy (non-hydrogen) atoms. The Morgan fingerprint density at radius 3 is 2.48 bits per heavy atom. The molecule has 1 fully saturated rings. The lowest BCUT2D eigenvalue weighted by atomic mass is 9.86. The molecular weight excluding hydrogens is 399 g/mol. The van der Waals surface area contributed by atoms with Gasteiger partial charge >= 0.3 is 6.03 Å². The minimum absolute atomic E-state index is 0.119. The predicted octanol–water partition coefficient (Wildman–Crippen LogP) is 4.43. The molecule has 1 aliphatic rings. The molecule has 3 rings (SSSR count). The molecule has 0 bridgehead atoms. The van der Waals surface area contributed by atoms with Crippen molar-refractivity contribution in [3.63, 3.8) is 0 Å². The number of carbonyl (C=O) groups is 2. The van der Waals surface area contributed by atoms with E-state index in [0.29, 0.717) is 12.1 Å². The average Bonchev–Trinajstić information content (AvgIpc) is 2.75. The summed E-state index contributed by atoms with van der Waals surface area (Å²) in [6, 6.07) is 13.0. The maximum absolute atomic E-state index is 13.4. The van der Waals surface area contributed by atoms with Crippen molar-refractivity contribution in [1.29, 1.82) is 0 Å². The van der Waals surface area contributed by atoms with Gasteiger partial charge in [-0.1, -0.05) is 37.1 Å². The summed E-state index contributed by atoms with van der Waals surface area (Å²) >= 11 is 0. The SMILES string of the molecule is NN(C(=O)Nc1ccc(-c2cccc(F)c2)cc1)C1CCCCC(CC(=O)NO)CC1. The summed E-state index contributed by atoms with van der Waals surface area (Å²) in [6.07, 6.45) is 5.35. The molecule has 2 aromatic rings. The Kier molecular flexibility index (Phi) is 7.97. The van der Waals surface area contributed by atoms with Crippen molar-refractivity contribution in [2.45, 2.75) is 51.0 Å². The molecule has 0 aliphatic heterocycles. The van der Waals surface area contributed by atoms with Crippen LogP contribution in [0.3, 0.4) is 0 Å². The Morgan fingerprint density at radius 2 is 1.77 bits per heavy atom. The second kappa shape index (κ2) is 10.9. The van der Waals surface area contributed by atoms with Crippen molar-refractivity contribution in [3.8, 4) is 11.1 Å². The zero-order valence-corrected chi connectivity index (χ0v) is 17.4. The Labute approximate surface area is 181 Å². The van der Waals surface area contributed by atoms with E-state index in [2.05, 4.69) is 5.32 Å². The van der Waals surface area contributed by atoms with Gasteiger partial charge in [0.2, 0.25) is 5.91 Å². The van der Waals surface area contributed by atoms with E-state index in [0.717, 1.165) is 43.2 Å². The van der Waals surface area contributed by atoms with Gasteiger partial charge in [0, 0.05) is 18.2 Å². The second-order valence-electron chi connectivity index (χ2n) is 8.05. The molecule has 3 amide bonds. The van der Waals surface area contributed by atoms with Crippen molar-refractivity contribution in [1.82, 2.24) is 10.5 Å². The van der Waals surface area contributed by atoms with E-state index in [1.165, 1.54) is 17.1 Å². The van der Waals surface area contributed by atoms with Gasteiger partial charge in [0.15, 0.2) is 0 Å². The van der Waals surface area contributed by atoms with Gasteiger partial charge < -0.3 is 5.32 Å². The van der Waals surface area contributed by atoms with E-state index in [-0.39, 0.29) is 30.1 Å². The molecule has 0 aromatic heterocycles. The number of urea groups is 1. The van der Waals surface area contributed by atoms with Crippen molar-refractivity contribution >= 4 is 17.6 Å². The van der Waals surface area contributed by atoms with E-state index < -0.39 is 6.03 Å². The fourth-order valence-corrected chi connectivity index (χ4v) is 4.09. The lowest BCUT2D eigenvalue weighted by Gasteiger charge is -2.31. The van der Waals surface area contributed by atoms with Crippen molar-refractivity contribution in [2.75, 3.05) is 5.32 Å². The van der Waals surface area contributed by atoms with Gasteiger partial charge in [-0.2, -0.15) is 0 Å². The summed E-state index contributed by atoms with van der Waals surface area (Å²) < 4.78 is 13.4. The molecule has 1 saturated carbocycles. The molecule has 0 heterocycles. The summed E-state index contributed by atoms with van der Waals surface area (Å²) in [5, 5.41) is 12.8. The largest absolute Gasteiger partial charge is 0.336 e. The average molecular weight is 429 g/mol. The van der Waals surface area contributed by atoms with Gasteiger partial charge in [0.1, 0.15) is 5.82 Å². The van der Waals surface area contributed by atoms with Crippen LogP contribution in [0.15, 0.2) is 48.5 Å². The third-order valence-corrected chi connectivity index (χ3v) is 5.83. The topological polar surface area (TPSA) is 108 Å². The first-order chi connectivity index (χ1) is 15.0. The van der Waals surface area contributed by atoms with E-state index in [1.807, 2.05) is 18.2 Å². The molecule has 1 aliphatic carbocycles. The number of amides is 3. The van der Waals surface area contributed by atoms with Gasteiger partial charge in [-0.15, -0.1) is 0 Å². The highest BCUT2D eigenvalue weighted by atomic mass is 19.1. The van der Waals surface area contributed by atoms with E-state index in [1.54, 1.807) is 23.7 Å². The van der Waals surface area contributed by atoms with Crippen LogP contribution in [0.5, 0.6) is 0 Å². The fourth-order valence-electron chi connectivity index (χ4n) is 4.09. The fraction of sp³-hybridized carbons (Fsp3) is 0.391. The molecule has 0 saturated heterocycles. The van der Waals surface area contributed by atoms with Gasteiger partial charge in [-0.25, -0.2) is 20.5 Å². The Balaban J connectivity index is 1.57. The Bertz CT molecular complexity index is 891. The van der Waals surface area contributed by atoms with E-state index in [9.17, 15) is 14.0 Å². The third kappa shape index (κ3) is 6.50. The Morgan fingerprint density at radius 1 is 1.03 bits per heavy atom. The number of hydrogen-bond acceptors (Lipinski definition) is 4. The number of nitrogens with zero attached hydrogens (tertiary/aromatic N) is 1. The van der Waals surface area contributed by atoms with E-state index in [4.69, 9.17) is 11.0 Å². The number of hydrogen-bond donors (Lipinski definition) is 4. The van der Waals surface area contributed by atoms with Gasteiger partial charge in [-0.05, 0) is 67.0 Å². The quantitative estimate of drug-likeness (QED) is 0.244. The predicted molar refractivity (Wildman–Crippen MR) is 116 cm³/mol. The number of hydrazine groups is 1. The zero-order chi connectivity index (χ0) is 22.2. The van der Waals surface area contributed by atoms with Gasteiger partial charge in [-0.3, -0.25) is 15.0 Å². The highest BCUT2D eigenvalue weighted by Gasteiger charge is 2.25. The standard InChI is InChI=1S/C23H29FN4O3/c24-19-6-3-5-18(15-19)17-9-11-20(12-10-17)26-23(30)28(25)21-7-2-1-4-16(8-13-21)14-22(29)27-31/h3,5-6,9-12,15-16,21,31H,1-2,4,7-8,13-14,25H2,(H,26,30)(H,27,29). The second-order valence-corrected chi connectivity index (χ2v) is 8.05. The normalized spacial score (nSPS) is 19.1.